The summed E-state index contributed by atoms with van der Waals surface area (Å²) < 4.78 is 0. The minimum Gasteiger partial charge on any atom is -0.388 e. The lowest BCUT2D eigenvalue weighted by atomic mass is 9.96. The molecule has 0 amide bonds. The van der Waals surface area contributed by atoms with Crippen molar-refractivity contribution in [3.63, 3.8) is 0 Å². The molecule has 1 aliphatic carbocycles. The Balaban J connectivity index is 2.37. The summed E-state index contributed by atoms with van der Waals surface area (Å²) in [5, 5.41) is 13.3. The zero-order valence-electron chi connectivity index (χ0n) is 11.2. The van der Waals surface area contributed by atoms with Gasteiger partial charge < -0.3 is 16.2 Å². The van der Waals surface area contributed by atoms with E-state index in [1.807, 2.05) is 13.8 Å². The monoisotopic (exact) mass is 241 g/mol. The summed E-state index contributed by atoms with van der Waals surface area (Å²) in [6.07, 6.45) is 7.68. The van der Waals surface area contributed by atoms with E-state index in [0.29, 0.717) is 31.4 Å². The van der Waals surface area contributed by atoms with Crippen molar-refractivity contribution in [2.24, 2.45) is 10.7 Å². The summed E-state index contributed by atoms with van der Waals surface area (Å²) in [6, 6.07) is 0.476. The number of guanidine groups is 1. The summed E-state index contributed by atoms with van der Waals surface area (Å²) in [7, 11) is 0. The van der Waals surface area contributed by atoms with Crippen molar-refractivity contribution >= 4 is 5.96 Å². The normalized spacial score (nSPS) is 19.4. The van der Waals surface area contributed by atoms with Crippen molar-refractivity contribution in [1.29, 1.82) is 0 Å². The maximum absolute atomic E-state index is 10.1. The Hall–Kier alpha value is -0.770. The number of hydrogen-bond donors (Lipinski definition) is 3. The van der Waals surface area contributed by atoms with Gasteiger partial charge in [0.1, 0.15) is 0 Å². The fourth-order valence-electron chi connectivity index (χ4n) is 2.21. The van der Waals surface area contributed by atoms with Crippen molar-refractivity contribution in [3.05, 3.63) is 0 Å². The van der Waals surface area contributed by atoms with E-state index in [0.717, 1.165) is 0 Å². The standard InChI is InChI=1S/C13H27N3O/c1-3-13(17,4-2)10-15-12(14)16-11-8-6-5-7-9-11/h11,17H,3-10H2,1-2H3,(H3,14,15,16). The van der Waals surface area contributed by atoms with E-state index in [-0.39, 0.29) is 0 Å². The lowest BCUT2D eigenvalue weighted by molar-refractivity contribution is 0.0418. The average molecular weight is 241 g/mol. The van der Waals surface area contributed by atoms with Crippen LogP contribution in [0.4, 0.5) is 0 Å². The number of aliphatic hydroxyl groups is 1. The van der Waals surface area contributed by atoms with Crippen LogP contribution in [0.1, 0.15) is 58.8 Å². The van der Waals surface area contributed by atoms with E-state index in [1.54, 1.807) is 0 Å². The second-order valence-electron chi connectivity index (χ2n) is 5.11. The highest BCUT2D eigenvalue weighted by Crippen LogP contribution is 2.17. The van der Waals surface area contributed by atoms with Gasteiger partial charge in [-0.3, -0.25) is 4.99 Å². The molecule has 0 unspecified atom stereocenters. The van der Waals surface area contributed by atoms with Crippen LogP contribution in [-0.2, 0) is 0 Å². The second kappa shape index (κ2) is 6.84. The van der Waals surface area contributed by atoms with Gasteiger partial charge in [0.05, 0.1) is 12.1 Å². The molecule has 4 N–H and O–H groups in total. The first-order valence-corrected chi connectivity index (χ1v) is 6.88. The minimum absolute atomic E-state index is 0.394. The average Bonchev–Trinajstić information content (AvgIpc) is 2.37. The Labute approximate surface area is 105 Å². The van der Waals surface area contributed by atoms with Gasteiger partial charge in [0.2, 0.25) is 0 Å². The second-order valence-corrected chi connectivity index (χ2v) is 5.11. The SMILES string of the molecule is CCC(O)(CC)CN=C(N)NC1CCCCC1. The summed E-state index contributed by atoms with van der Waals surface area (Å²) >= 11 is 0. The highest BCUT2D eigenvalue weighted by molar-refractivity contribution is 5.78. The number of aliphatic imine (C=N–C) groups is 1. The molecule has 1 fully saturated rings. The highest BCUT2D eigenvalue weighted by atomic mass is 16.3. The largest absolute Gasteiger partial charge is 0.388 e. The van der Waals surface area contributed by atoms with Gasteiger partial charge in [-0.05, 0) is 25.7 Å². The van der Waals surface area contributed by atoms with Gasteiger partial charge in [0, 0.05) is 6.04 Å². The first kappa shape index (κ1) is 14.3. The molecule has 1 aliphatic rings. The molecule has 4 nitrogen and oxygen atoms in total. The van der Waals surface area contributed by atoms with E-state index in [4.69, 9.17) is 5.73 Å². The van der Waals surface area contributed by atoms with Crippen LogP contribution < -0.4 is 11.1 Å². The Morgan fingerprint density at radius 1 is 1.29 bits per heavy atom. The Morgan fingerprint density at radius 2 is 1.88 bits per heavy atom. The molecule has 0 atom stereocenters. The predicted molar refractivity (Wildman–Crippen MR) is 72.0 cm³/mol. The molecule has 17 heavy (non-hydrogen) atoms. The van der Waals surface area contributed by atoms with Crippen LogP contribution in [0.2, 0.25) is 0 Å². The van der Waals surface area contributed by atoms with Crippen LogP contribution in [0.3, 0.4) is 0 Å². The van der Waals surface area contributed by atoms with Crippen LogP contribution >= 0.6 is 0 Å². The molecule has 1 rings (SSSR count). The third kappa shape index (κ3) is 4.94. The van der Waals surface area contributed by atoms with Gasteiger partial charge in [-0.15, -0.1) is 0 Å². The van der Waals surface area contributed by atoms with E-state index in [2.05, 4.69) is 10.3 Å². The smallest absolute Gasteiger partial charge is 0.188 e. The van der Waals surface area contributed by atoms with Crippen molar-refractivity contribution in [2.45, 2.75) is 70.4 Å². The summed E-state index contributed by atoms with van der Waals surface area (Å²) in [5.41, 5.74) is 5.15. The molecule has 0 heterocycles. The van der Waals surface area contributed by atoms with Crippen LogP contribution in [0.15, 0.2) is 4.99 Å². The minimum atomic E-state index is -0.696. The number of nitrogens with zero attached hydrogens (tertiary/aromatic N) is 1. The van der Waals surface area contributed by atoms with Crippen molar-refractivity contribution in [3.8, 4) is 0 Å². The Kier molecular flexibility index (Phi) is 5.75. The van der Waals surface area contributed by atoms with Crippen LogP contribution in [0, 0.1) is 0 Å². The molecule has 100 valence electrons. The predicted octanol–water partition coefficient (Wildman–Crippen LogP) is 1.77. The number of hydrogen-bond acceptors (Lipinski definition) is 2. The molecular weight excluding hydrogens is 214 g/mol. The third-order valence-corrected chi connectivity index (χ3v) is 3.82. The molecule has 1 saturated carbocycles. The summed E-state index contributed by atoms with van der Waals surface area (Å²) in [5.74, 6) is 0.484. The molecule has 0 bridgehead atoms. The lowest BCUT2D eigenvalue weighted by Gasteiger charge is -2.25. The van der Waals surface area contributed by atoms with E-state index >= 15 is 0 Å². The van der Waals surface area contributed by atoms with Gasteiger partial charge in [0.25, 0.3) is 0 Å². The number of nitrogens with one attached hydrogen (secondary N) is 1. The molecular formula is C13H27N3O. The fourth-order valence-corrected chi connectivity index (χ4v) is 2.21. The fraction of sp³-hybridized carbons (Fsp3) is 0.923. The van der Waals surface area contributed by atoms with Gasteiger partial charge in [0.15, 0.2) is 5.96 Å². The van der Waals surface area contributed by atoms with Crippen LogP contribution in [0.25, 0.3) is 0 Å². The van der Waals surface area contributed by atoms with Crippen molar-refractivity contribution in [2.75, 3.05) is 6.54 Å². The van der Waals surface area contributed by atoms with Crippen molar-refractivity contribution in [1.82, 2.24) is 5.32 Å². The van der Waals surface area contributed by atoms with E-state index < -0.39 is 5.60 Å². The Morgan fingerprint density at radius 3 is 2.41 bits per heavy atom. The molecule has 0 saturated heterocycles. The zero-order chi connectivity index (χ0) is 12.7. The Bertz CT molecular complexity index is 243. The molecule has 0 aliphatic heterocycles. The van der Waals surface area contributed by atoms with Crippen LogP contribution in [0.5, 0.6) is 0 Å². The number of rotatable bonds is 5. The molecule has 0 aromatic carbocycles. The van der Waals surface area contributed by atoms with Gasteiger partial charge in [-0.2, -0.15) is 0 Å². The van der Waals surface area contributed by atoms with Crippen LogP contribution in [-0.4, -0.2) is 29.3 Å². The molecule has 0 aromatic rings. The zero-order valence-corrected chi connectivity index (χ0v) is 11.2. The maximum Gasteiger partial charge on any atom is 0.188 e. The van der Waals surface area contributed by atoms with E-state index in [9.17, 15) is 5.11 Å². The van der Waals surface area contributed by atoms with Gasteiger partial charge >= 0.3 is 0 Å². The van der Waals surface area contributed by atoms with E-state index in [1.165, 1.54) is 32.1 Å². The first-order chi connectivity index (χ1) is 8.09. The number of nitrogens with two attached hydrogens (primary N) is 1. The van der Waals surface area contributed by atoms with Gasteiger partial charge in [-0.25, -0.2) is 0 Å². The maximum atomic E-state index is 10.1. The third-order valence-electron chi connectivity index (χ3n) is 3.82. The van der Waals surface area contributed by atoms with Gasteiger partial charge in [-0.1, -0.05) is 33.1 Å². The first-order valence-electron chi connectivity index (χ1n) is 6.88. The van der Waals surface area contributed by atoms with Crippen molar-refractivity contribution < 1.29 is 5.11 Å². The topological polar surface area (TPSA) is 70.6 Å². The summed E-state index contributed by atoms with van der Waals surface area (Å²) in [6.45, 7) is 4.35. The lowest BCUT2D eigenvalue weighted by Crippen LogP contribution is -2.42. The summed E-state index contributed by atoms with van der Waals surface area (Å²) in [4.78, 5) is 4.27. The molecule has 0 radical (unpaired) electrons. The highest BCUT2D eigenvalue weighted by Gasteiger charge is 2.21. The quantitative estimate of drug-likeness (QED) is 0.507. The molecule has 0 aromatic heterocycles. The molecule has 0 spiro atoms. The molecule has 4 heteroatoms.